The largest absolute Gasteiger partial charge is 0.392 e. The van der Waals surface area contributed by atoms with Crippen molar-refractivity contribution in [1.29, 1.82) is 5.41 Å². The maximum absolute atomic E-state index is 8.53. The summed E-state index contributed by atoms with van der Waals surface area (Å²) in [6.45, 7) is 0.0362. The van der Waals surface area contributed by atoms with Gasteiger partial charge in [-0.1, -0.05) is 36.4 Å². The molecule has 0 saturated heterocycles. The minimum absolute atomic E-state index is 0.0362. The highest BCUT2D eigenvalue weighted by molar-refractivity contribution is 5.95. The van der Waals surface area contributed by atoms with Crippen LogP contribution in [0.1, 0.15) is 11.1 Å². The van der Waals surface area contributed by atoms with Gasteiger partial charge in [0.2, 0.25) is 0 Å². The number of amidine groups is 1. The third-order valence-electron chi connectivity index (χ3n) is 1.64. The van der Waals surface area contributed by atoms with Crippen molar-refractivity contribution >= 4 is 11.9 Å². The summed E-state index contributed by atoms with van der Waals surface area (Å²) in [5.41, 5.74) is 6.98. The van der Waals surface area contributed by atoms with Gasteiger partial charge in [0.1, 0.15) is 5.84 Å². The van der Waals surface area contributed by atoms with Gasteiger partial charge in [-0.15, -0.1) is 0 Å². The number of rotatable bonds is 3. The van der Waals surface area contributed by atoms with Crippen LogP contribution in [-0.4, -0.2) is 17.5 Å². The molecule has 68 valence electrons. The molecule has 0 unspecified atom stereocenters. The molecule has 0 fully saturated rings. The molecule has 0 aromatic heterocycles. The molecule has 0 spiro atoms. The van der Waals surface area contributed by atoms with Crippen molar-refractivity contribution in [3.05, 3.63) is 41.5 Å². The minimum Gasteiger partial charge on any atom is -0.392 e. The van der Waals surface area contributed by atoms with Crippen molar-refractivity contribution in [2.24, 2.45) is 5.73 Å². The monoisotopic (exact) mass is 176 g/mol. The molecule has 3 nitrogen and oxygen atoms in total. The Kier molecular flexibility index (Phi) is 3.23. The first-order valence-electron chi connectivity index (χ1n) is 3.96. The van der Waals surface area contributed by atoms with Crippen molar-refractivity contribution < 1.29 is 5.11 Å². The second-order valence-electron chi connectivity index (χ2n) is 2.62. The average Bonchev–Trinajstić information content (AvgIpc) is 2.15. The Morgan fingerprint density at radius 1 is 1.38 bits per heavy atom. The maximum Gasteiger partial charge on any atom is 0.122 e. The van der Waals surface area contributed by atoms with Crippen molar-refractivity contribution in [2.45, 2.75) is 0 Å². The van der Waals surface area contributed by atoms with Crippen molar-refractivity contribution in [2.75, 3.05) is 6.61 Å². The highest BCUT2D eigenvalue weighted by Gasteiger charge is 1.93. The van der Waals surface area contributed by atoms with Gasteiger partial charge in [-0.25, -0.2) is 0 Å². The zero-order chi connectivity index (χ0) is 9.68. The molecule has 0 amide bonds. The topological polar surface area (TPSA) is 70.1 Å². The van der Waals surface area contributed by atoms with Crippen LogP contribution in [0.15, 0.2) is 30.3 Å². The first-order valence-corrected chi connectivity index (χ1v) is 3.96. The van der Waals surface area contributed by atoms with Crippen LogP contribution in [0.25, 0.3) is 6.08 Å². The normalized spacial score (nSPS) is 10.5. The van der Waals surface area contributed by atoms with E-state index in [4.69, 9.17) is 16.2 Å². The molecule has 0 atom stereocenters. The SMILES string of the molecule is N=C(N)c1ccc(C=CCO)cc1. The van der Waals surface area contributed by atoms with Gasteiger partial charge >= 0.3 is 0 Å². The Labute approximate surface area is 77.0 Å². The summed E-state index contributed by atoms with van der Waals surface area (Å²) >= 11 is 0. The minimum atomic E-state index is 0.0362. The van der Waals surface area contributed by atoms with E-state index in [-0.39, 0.29) is 12.4 Å². The average molecular weight is 176 g/mol. The summed E-state index contributed by atoms with van der Waals surface area (Å²) in [4.78, 5) is 0. The van der Waals surface area contributed by atoms with E-state index in [2.05, 4.69) is 0 Å². The van der Waals surface area contributed by atoms with Gasteiger partial charge in [0, 0.05) is 5.56 Å². The summed E-state index contributed by atoms with van der Waals surface area (Å²) in [6, 6.07) is 7.25. The molecule has 0 bridgehead atoms. The van der Waals surface area contributed by atoms with Crippen LogP contribution in [0.2, 0.25) is 0 Å². The fourth-order valence-corrected chi connectivity index (χ4v) is 0.963. The van der Waals surface area contributed by atoms with E-state index >= 15 is 0 Å². The second kappa shape index (κ2) is 4.42. The van der Waals surface area contributed by atoms with E-state index in [1.807, 2.05) is 18.2 Å². The van der Waals surface area contributed by atoms with E-state index in [1.54, 1.807) is 18.2 Å². The van der Waals surface area contributed by atoms with Gasteiger partial charge in [0.25, 0.3) is 0 Å². The predicted octanol–water partition coefficient (Wildman–Crippen LogP) is 0.976. The van der Waals surface area contributed by atoms with Crippen molar-refractivity contribution in [3.63, 3.8) is 0 Å². The van der Waals surface area contributed by atoms with Gasteiger partial charge in [-0.2, -0.15) is 0 Å². The van der Waals surface area contributed by atoms with E-state index in [9.17, 15) is 0 Å². The summed E-state index contributed by atoms with van der Waals surface area (Å²) in [6.07, 6.45) is 3.46. The Balaban J connectivity index is 2.81. The van der Waals surface area contributed by atoms with Gasteiger partial charge in [-0.3, -0.25) is 5.41 Å². The molecule has 1 rings (SSSR count). The highest BCUT2D eigenvalue weighted by Crippen LogP contribution is 2.05. The van der Waals surface area contributed by atoms with E-state index in [0.717, 1.165) is 5.56 Å². The molecular formula is C10H12N2O. The highest BCUT2D eigenvalue weighted by atomic mass is 16.2. The molecule has 0 aliphatic carbocycles. The molecule has 3 heteroatoms. The van der Waals surface area contributed by atoms with Crippen LogP contribution in [0, 0.1) is 5.41 Å². The standard InChI is InChI=1S/C10H12N2O/c11-10(12)9-5-3-8(4-6-9)2-1-7-13/h1-6,13H,7H2,(H3,11,12). The van der Waals surface area contributed by atoms with E-state index in [1.165, 1.54) is 0 Å². The number of nitrogens with two attached hydrogens (primary N) is 1. The molecule has 0 heterocycles. The second-order valence-corrected chi connectivity index (χ2v) is 2.62. The lowest BCUT2D eigenvalue weighted by Gasteiger charge is -1.97. The predicted molar refractivity (Wildman–Crippen MR) is 53.6 cm³/mol. The first-order chi connectivity index (χ1) is 6.24. The Morgan fingerprint density at radius 2 is 2.00 bits per heavy atom. The summed E-state index contributed by atoms with van der Waals surface area (Å²) in [5.74, 6) is 0.0673. The van der Waals surface area contributed by atoms with Gasteiger partial charge in [-0.05, 0) is 5.56 Å². The van der Waals surface area contributed by atoms with E-state index < -0.39 is 0 Å². The molecule has 0 saturated carbocycles. The number of hydrogen-bond acceptors (Lipinski definition) is 2. The summed E-state index contributed by atoms with van der Waals surface area (Å²) in [7, 11) is 0. The quantitative estimate of drug-likeness (QED) is 0.474. The summed E-state index contributed by atoms with van der Waals surface area (Å²) < 4.78 is 0. The zero-order valence-electron chi connectivity index (χ0n) is 7.20. The Morgan fingerprint density at radius 3 is 2.46 bits per heavy atom. The number of nitrogen functional groups attached to an aromatic ring is 1. The Bertz CT molecular complexity index is 314. The van der Waals surface area contributed by atoms with Crippen LogP contribution in [0.4, 0.5) is 0 Å². The van der Waals surface area contributed by atoms with Gasteiger partial charge in [0.15, 0.2) is 0 Å². The molecular weight excluding hydrogens is 164 g/mol. The lowest BCUT2D eigenvalue weighted by atomic mass is 10.1. The lowest BCUT2D eigenvalue weighted by Crippen LogP contribution is -2.10. The number of benzene rings is 1. The van der Waals surface area contributed by atoms with Gasteiger partial charge in [0.05, 0.1) is 6.61 Å². The summed E-state index contributed by atoms with van der Waals surface area (Å²) in [5, 5.41) is 15.7. The fourth-order valence-electron chi connectivity index (χ4n) is 0.963. The first kappa shape index (κ1) is 9.48. The molecule has 0 radical (unpaired) electrons. The van der Waals surface area contributed by atoms with Crippen LogP contribution < -0.4 is 5.73 Å². The number of aliphatic hydroxyl groups excluding tert-OH is 1. The Hall–Kier alpha value is -1.61. The van der Waals surface area contributed by atoms with E-state index in [0.29, 0.717) is 5.56 Å². The van der Waals surface area contributed by atoms with Crippen LogP contribution in [-0.2, 0) is 0 Å². The van der Waals surface area contributed by atoms with Crippen LogP contribution in [0.5, 0.6) is 0 Å². The third kappa shape index (κ3) is 2.72. The lowest BCUT2D eigenvalue weighted by molar-refractivity contribution is 0.343. The van der Waals surface area contributed by atoms with Crippen LogP contribution >= 0.6 is 0 Å². The number of hydrogen-bond donors (Lipinski definition) is 3. The molecule has 1 aromatic carbocycles. The fraction of sp³-hybridized carbons (Fsp3) is 0.100. The third-order valence-corrected chi connectivity index (χ3v) is 1.64. The maximum atomic E-state index is 8.53. The molecule has 13 heavy (non-hydrogen) atoms. The number of nitrogens with one attached hydrogen (secondary N) is 1. The number of aliphatic hydroxyl groups is 1. The van der Waals surface area contributed by atoms with Crippen molar-refractivity contribution in [1.82, 2.24) is 0 Å². The smallest absolute Gasteiger partial charge is 0.122 e. The van der Waals surface area contributed by atoms with Crippen molar-refractivity contribution in [3.8, 4) is 0 Å². The molecule has 0 aliphatic heterocycles. The van der Waals surface area contributed by atoms with Gasteiger partial charge < -0.3 is 10.8 Å². The molecule has 1 aromatic rings. The molecule has 0 aliphatic rings. The zero-order valence-corrected chi connectivity index (χ0v) is 7.20. The van der Waals surface area contributed by atoms with Crippen LogP contribution in [0.3, 0.4) is 0 Å². The molecule has 4 N–H and O–H groups in total.